The molecule has 5 heteroatoms. The molecule has 0 bridgehead atoms. The molecule has 0 aliphatic rings. The molecule has 0 saturated heterocycles. The number of aromatic nitrogens is 2. The summed E-state index contributed by atoms with van der Waals surface area (Å²) >= 11 is 5.37. The van der Waals surface area contributed by atoms with Crippen molar-refractivity contribution >= 4 is 11.6 Å². The molecule has 4 nitrogen and oxygen atoms in total. The quantitative estimate of drug-likeness (QED) is 0.554. The molecule has 0 spiro atoms. The Balaban J connectivity index is 3.53. The minimum Gasteiger partial charge on any atom is -0.502 e. The molecule has 10 heavy (non-hydrogen) atoms. The zero-order valence-electron chi connectivity index (χ0n) is 7.71. The van der Waals surface area contributed by atoms with Crippen molar-refractivity contribution in [3.63, 3.8) is 0 Å². The van der Waals surface area contributed by atoms with Gasteiger partial charge >= 0.3 is 0 Å². The lowest BCUT2D eigenvalue weighted by Gasteiger charge is -1.97. The standard InChI is InChI=1S/C5H5ClN2O2/c1-8-4(10)3(9)2-7-5(8)6/h2,9H,1H3/i1D3. The van der Waals surface area contributed by atoms with Crippen LogP contribution in [0.15, 0.2) is 11.0 Å². The van der Waals surface area contributed by atoms with Gasteiger partial charge in [-0.3, -0.25) is 9.36 Å². The van der Waals surface area contributed by atoms with Gasteiger partial charge in [-0.15, -0.1) is 0 Å². The number of rotatable bonds is 0. The van der Waals surface area contributed by atoms with Crippen LogP contribution in [0, 0.1) is 0 Å². The van der Waals surface area contributed by atoms with Crippen LogP contribution in [-0.4, -0.2) is 14.7 Å². The van der Waals surface area contributed by atoms with E-state index in [1.807, 2.05) is 0 Å². The van der Waals surface area contributed by atoms with Crippen LogP contribution in [0.25, 0.3) is 0 Å². The van der Waals surface area contributed by atoms with Gasteiger partial charge in [0.1, 0.15) is 0 Å². The fourth-order valence-corrected chi connectivity index (χ4v) is 0.551. The van der Waals surface area contributed by atoms with Crippen molar-refractivity contribution in [3.8, 4) is 5.75 Å². The van der Waals surface area contributed by atoms with E-state index in [9.17, 15) is 4.79 Å². The lowest BCUT2D eigenvalue weighted by molar-refractivity contribution is 0.457. The first-order valence-electron chi connectivity index (χ1n) is 3.81. The maximum Gasteiger partial charge on any atom is 0.296 e. The Hall–Kier alpha value is -1.03. The third-order valence-corrected chi connectivity index (χ3v) is 1.17. The molecule has 0 aliphatic heterocycles. The molecule has 0 radical (unpaired) electrons. The fourth-order valence-electron chi connectivity index (χ4n) is 0.426. The van der Waals surface area contributed by atoms with Gasteiger partial charge in [-0.2, -0.15) is 0 Å². The van der Waals surface area contributed by atoms with Crippen LogP contribution in [0.3, 0.4) is 0 Å². The Bertz CT molecular complexity index is 386. The molecule has 1 aromatic rings. The summed E-state index contributed by atoms with van der Waals surface area (Å²) in [6.45, 7) is -2.74. The number of hydrogen-bond donors (Lipinski definition) is 1. The molecule has 54 valence electrons. The van der Waals surface area contributed by atoms with Crippen LogP contribution >= 0.6 is 11.6 Å². The van der Waals surface area contributed by atoms with E-state index in [0.29, 0.717) is 0 Å². The van der Waals surface area contributed by atoms with Gasteiger partial charge < -0.3 is 5.11 Å². The summed E-state index contributed by atoms with van der Waals surface area (Å²) in [5.74, 6) is -0.750. The van der Waals surface area contributed by atoms with Gasteiger partial charge in [-0.25, -0.2) is 4.98 Å². The molecule has 1 N–H and O–H groups in total. The fraction of sp³-hybridized carbons (Fsp3) is 0.200. The van der Waals surface area contributed by atoms with E-state index in [0.717, 1.165) is 6.20 Å². The van der Waals surface area contributed by atoms with Gasteiger partial charge in [-0.05, 0) is 11.6 Å². The summed E-state index contributed by atoms with van der Waals surface area (Å²) in [7, 11) is 0. The van der Waals surface area contributed by atoms with E-state index in [2.05, 4.69) is 4.98 Å². The normalized spacial score (nSPS) is 15.5. The molecule has 1 aromatic heterocycles. The Morgan fingerprint density at radius 3 is 3.20 bits per heavy atom. The highest BCUT2D eigenvalue weighted by Crippen LogP contribution is 2.02. The lowest BCUT2D eigenvalue weighted by atomic mass is 10.6. The van der Waals surface area contributed by atoms with Crippen LogP contribution < -0.4 is 5.56 Å². The summed E-state index contributed by atoms with van der Waals surface area (Å²) in [6, 6.07) is 0. The van der Waals surface area contributed by atoms with Gasteiger partial charge in [0, 0.05) is 11.1 Å². The second-order valence-corrected chi connectivity index (χ2v) is 1.89. The van der Waals surface area contributed by atoms with Gasteiger partial charge in [0.15, 0.2) is 0 Å². The Morgan fingerprint density at radius 2 is 2.70 bits per heavy atom. The number of halogens is 1. The molecule has 0 aromatic carbocycles. The van der Waals surface area contributed by atoms with Gasteiger partial charge in [-0.1, -0.05) is 0 Å². The molecule has 0 atom stereocenters. The van der Waals surface area contributed by atoms with Crippen molar-refractivity contribution < 1.29 is 9.22 Å². The molecule has 0 amide bonds. The zero-order valence-corrected chi connectivity index (χ0v) is 5.46. The third kappa shape index (κ3) is 0.974. The van der Waals surface area contributed by atoms with E-state index in [1.165, 1.54) is 0 Å². The molecule has 1 rings (SSSR count). The van der Waals surface area contributed by atoms with Crippen molar-refractivity contribution in [2.24, 2.45) is 6.98 Å². The average Bonchev–Trinajstić information content (AvgIpc) is 1.95. The SMILES string of the molecule is [2H]C([2H])([2H])n1c(Cl)ncc(O)c1=O. The van der Waals surface area contributed by atoms with Gasteiger partial charge in [0.2, 0.25) is 11.0 Å². The first-order valence-corrected chi connectivity index (χ1v) is 2.69. The monoisotopic (exact) mass is 163 g/mol. The third-order valence-electron chi connectivity index (χ3n) is 0.900. The lowest BCUT2D eigenvalue weighted by Crippen LogP contribution is -2.17. The predicted molar refractivity (Wildman–Crippen MR) is 36.2 cm³/mol. The average molecular weight is 164 g/mol. The van der Waals surface area contributed by atoms with E-state index in [-0.39, 0.29) is 4.57 Å². The maximum atomic E-state index is 11.1. The molecule has 0 aliphatic carbocycles. The van der Waals surface area contributed by atoms with Crippen molar-refractivity contribution in [1.82, 2.24) is 9.55 Å². The largest absolute Gasteiger partial charge is 0.502 e. The van der Waals surface area contributed by atoms with Crippen molar-refractivity contribution in [2.45, 2.75) is 0 Å². The second-order valence-electron chi connectivity index (χ2n) is 1.55. The molecule has 0 unspecified atom stereocenters. The minimum absolute atomic E-state index is 0.240. The molecule has 1 heterocycles. The van der Waals surface area contributed by atoms with E-state index in [4.69, 9.17) is 20.8 Å². The maximum absolute atomic E-state index is 11.1. The van der Waals surface area contributed by atoms with E-state index >= 15 is 0 Å². The summed E-state index contributed by atoms with van der Waals surface area (Å²) in [4.78, 5) is 14.4. The van der Waals surface area contributed by atoms with Crippen LogP contribution in [-0.2, 0) is 6.98 Å². The molecule has 0 fully saturated rings. The highest BCUT2D eigenvalue weighted by atomic mass is 35.5. The number of nitrogens with zero attached hydrogens (tertiary/aromatic N) is 2. The Morgan fingerprint density at radius 1 is 2.00 bits per heavy atom. The van der Waals surface area contributed by atoms with Crippen molar-refractivity contribution in [1.29, 1.82) is 0 Å². The topological polar surface area (TPSA) is 55.1 Å². The first kappa shape index (κ1) is 3.98. The molecular weight excluding hydrogens is 156 g/mol. The highest BCUT2D eigenvalue weighted by molar-refractivity contribution is 6.28. The van der Waals surface area contributed by atoms with Crippen molar-refractivity contribution in [2.75, 3.05) is 0 Å². The van der Waals surface area contributed by atoms with Crippen molar-refractivity contribution in [3.05, 3.63) is 21.8 Å². The molecular formula is C5H5ClN2O2. The smallest absolute Gasteiger partial charge is 0.296 e. The Kier molecular flexibility index (Phi) is 0.915. The van der Waals surface area contributed by atoms with Crippen LogP contribution in [0.5, 0.6) is 5.75 Å². The summed E-state index contributed by atoms with van der Waals surface area (Å²) < 4.78 is 21.0. The molecule has 0 saturated carbocycles. The van der Waals surface area contributed by atoms with E-state index < -0.39 is 23.6 Å². The first-order chi connectivity index (χ1) is 5.84. The van der Waals surface area contributed by atoms with Crippen LogP contribution in [0.2, 0.25) is 5.28 Å². The van der Waals surface area contributed by atoms with E-state index in [1.54, 1.807) is 0 Å². The van der Waals surface area contributed by atoms with Crippen LogP contribution in [0.1, 0.15) is 4.11 Å². The Labute approximate surface area is 65.9 Å². The second kappa shape index (κ2) is 2.30. The minimum atomic E-state index is -2.74. The summed E-state index contributed by atoms with van der Waals surface area (Å²) in [5.41, 5.74) is -1.08. The predicted octanol–water partition coefficient (Wildman–Crippen LogP) is 0.139. The van der Waals surface area contributed by atoms with Crippen LogP contribution in [0.4, 0.5) is 0 Å². The number of aromatic hydroxyl groups is 1. The van der Waals surface area contributed by atoms with Gasteiger partial charge in [0.25, 0.3) is 5.56 Å². The summed E-state index contributed by atoms with van der Waals surface area (Å²) in [6.07, 6.45) is 0.799. The van der Waals surface area contributed by atoms with Gasteiger partial charge in [0.05, 0.1) is 6.20 Å². The number of hydrogen-bond acceptors (Lipinski definition) is 3. The zero-order chi connectivity index (χ0) is 10.2. The summed E-state index contributed by atoms with van der Waals surface area (Å²) in [5, 5.41) is 8.40. The highest BCUT2D eigenvalue weighted by Gasteiger charge is 2.01.